The molecule has 6 heteroatoms. The van der Waals surface area contributed by atoms with Crippen LogP contribution >= 0.6 is 11.6 Å². The van der Waals surface area contributed by atoms with E-state index in [4.69, 9.17) is 11.6 Å². The number of carbonyl (C=O) groups excluding carboxylic acids is 2. The van der Waals surface area contributed by atoms with Gasteiger partial charge in [0.25, 0.3) is 5.91 Å². The van der Waals surface area contributed by atoms with Crippen molar-refractivity contribution in [2.75, 3.05) is 0 Å². The van der Waals surface area contributed by atoms with Gasteiger partial charge in [0.15, 0.2) is 6.04 Å². The Morgan fingerprint density at radius 2 is 1.55 bits per heavy atom. The number of hydrazone groups is 1. The molecular formula is C23H19ClN3O2+. The fourth-order valence-electron chi connectivity index (χ4n) is 3.35. The fourth-order valence-corrected chi connectivity index (χ4v) is 3.48. The zero-order chi connectivity index (χ0) is 20.2. The van der Waals surface area contributed by atoms with Crippen molar-refractivity contribution in [1.82, 2.24) is 10.7 Å². The Morgan fingerprint density at radius 3 is 2.21 bits per heavy atom. The fraction of sp³-hybridized carbons (Fsp3) is 0.0870. The molecule has 3 aromatic carbocycles. The normalized spacial score (nSPS) is 19.8. The first-order valence-electron chi connectivity index (χ1n) is 9.22. The SMILES string of the molecule is O=C(N[C@@H]1C(=O)N/[N+](=C\c2ccccc2)[C@H]1c1ccc(Cl)cc1)c1ccccc1. The van der Waals surface area contributed by atoms with Crippen molar-refractivity contribution in [3.05, 3.63) is 107 Å². The van der Waals surface area contributed by atoms with Crippen molar-refractivity contribution in [2.24, 2.45) is 0 Å². The summed E-state index contributed by atoms with van der Waals surface area (Å²) in [5.74, 6) is -0.576. The molecule has 2 amide bonds. The lowest BCUT2D eigenvalue weighted by Gasteiger charge is -2.14. The predicted octanol–water partition coefficient (Wildman–Crippen LogP) is 3.36. The van der Waals surface area contributed by atoms with Crippen LogP contribution in [-0.2, 0) is 4.79 Å². The lowest BCUT2D eigenvalue weighted by atomic mass is 10.00. The van der Waals surface area contributed by atoms with Crippen LogP contribution in [-0.4, -0.2) is 28.8 Å². The van der Waals surface area contributed by atoms with Crippen molar-refractivity contribution in [1.29, 1.82) is 0 Å². The summed E-state index contributed by atoms with van der Waals surface area (Å²) >= 11 is 6.04. The average molecular weight is 405 g/mol. The van der Waals surface area contributed by atoms with Crippen molar-refractivity contribution < 1.29 is 14.3 Å². The van der Waals surface area contributed by atoms with Gasteiger partial charge in [0.05, 0.1) is 0 Å². The van der Waals surface area contributed by atoms with Gasteiger partial charge in [-0.3, -0.25) is 9.59 Å². The van der Waals surface area contributed by atoms with E-state index in [0.717, 1.165) is 11.1 Å². The molecular weight excluding hydrogens is 386 g/mol. The largest absolute Gasteiger partial charge is 0.334 e. The van der Waals surface area contributed by atoms with E-state index in [1.807, 2.05) is 54.7 Å². The van der Waals surface area contributed by atoms with Crippen molar-refractivity contribution in [2.45, 2.75) is 12.1 Å². The molecule has 2 atom stereocenters. The van der Waals surface area contributed by atoms with E-state index < -0.39 is 12.1 Å². The smallest absolute Gasteiger partial charge is 0.304 e. The Morgan fingerprint density at radius 1 is 0.931 bits per heavy atom. The van der Waals surface area contributed by atoms with Gasteiger partial charge in [-0.25, -0.2) is 0 Å². The van der Waals surface area contributed by atoms with Crippen LogP contribution in [0.5, 0.6) is 0 Å². The zero-order valence-electron chi connectivity index (χ0n) is 15.5. The second-order valence-electron chi connectivity index (χ2n) is 6.74. The van der Waals surface area contributed by atoms with Gasteiger partial charge in [0, 0.05) is 21.7 Å². The third-order valence-corrected chi connectivity index (χ3v) is 5.01. The lowest BCUT2D eigenvalue weighted by Crippen LogP contribution is -2.42. The maximum Gasteiger partial charge on any atom is 0.304 e. The van der Waals surface area contributed by atoms with Crippen LogP contribution in [0.1, 0.15) is 27.5 Å². The molecule has 1 aliphatic rings. The summed E-state index contributed by atoms with van der Waals surface area (Å²) in [6, 6.07) is 24.6. The van der Waals surface area contributed by atoms with E-state index in [1.54, 1.807) is 41.1 Å². The molecule has 4 rings (SSSR count). The van der Waals surface area contributed by atoms with Crippen LogP contribution in [0.4, 0.5) is 0 Å². The van der Waals surface area contributed by atoms with Gasteiger partial charge >= 0.3 is 5.91 Å². The summed E-state index contributed by atoms with van der Waals surface area (Å²) in [6.45, 7) is 0. The minimum Gasteiger partial charge on any atom is -0.334 e. The van der Waals surface area contributed by atoms with E-state index in [2.05, 4.69) is 10.7 Å². The van der Waals surface area contributed by atoms with E-state index in [1.165, 1.54) is 0 Å². The number of rotatable bonds is 4. The number of hydrogen-bond acceptors (Lipinski definition) is 2. The topological polar surface area (TPSA) is 61.2 Å². The van der Waals surface area contributed by atoms with Crippen LogP contribution < -0.4 is 10.7 Å². The predicted molar refractivity (Wildman–Crippen MR) is 112 cm³/mol. The lowest BCUT2D eigenvalue weighted by molar-refractivity contribution is -0.596. The summed E-state index contributed by atoms with van der Waals surface area (Å²) in [4.78, 5) is 25.5. The monoisotopic (exact) mass is 404 g/mol. The molecule has 144 valence electrons. The average Bonchev–Trinajstić information content (AvgIpc) is 3.04. The summed E-state index contributed by atoms with van der Waals surface area (Å²) in [7, 11) is 0. The first-order valence-corrected chi connectivity index (χ1v) is 9.60. The van der Waals surface area contributed by atoms with Crippen molar-refractivity contribution >= 4 is 29.6 Å². The number of hydrazine groups is 1. The highest BCUT2D eigenvalue weighted by Gasteiger charge is 2.47. The Labute approximate surface area is 173 Å². The molecule has 1 heterocycles. The first kappa shape index (κ1) is 18.9. The Kier molecular flexibility index (Phi) is 5.40. The highest BCUT2D eigenvalue weighted by atomic mass is 35.5. The molecule has 3 aromatic rings. The van der Waals surface area contributed by atoms with E-state index in [0.29, 0.717) is 10.6 Å². The molecule has 0 bridgehead atoms. The molecule has 1 fully saturated rings. The molecule has 5 nitrogen and oxygen atoms in total. The van der Waals surface area contributed by atoms with Gasteiger partial charge in [0.2, 0.25) is 12.3 Å². The van der Waals surface area contributed by atoms with E-state index >= 15 is 0 Å². The summed E-state index contributed by atoms with van der Waals surface area (Å²) < 4.78 is 1.73. The van der Waals surface area contributed by atoms with Gasteiger partial charge in [0.1, 0.15) is 0 Å². The number of benzene rings is 3. The molecule has 2 N–H and O–H groups in total. The molecule has 1 saturated heterocycles. The van der Waals surface area contributed by atoms with Gasteiger partial charge in [-0.1, -0.05) is 60.1 Å². The van der Waals surface area contributed by atoms with Crippen LogP contribution in [0.25, 0.3) is 0 Å². The molecule has 0 saturated carbocycles. The van der Waals surface area contributed by atoms with Crippen molar-refractivity contribution in [3.63, 3.8) is 0 Å². The number of carbonyl (C=O) groups is 2. The standard InChI is InChI=1S/C23H18ClN3O2/c24-19-13-11-17(12-14-19)21-20(25-22(28)18-9-5-2-6-10-18)23(29)26-27(21)15-16-7-3-1-4-8-16/h1-15,20-21H,(H-,25,26,28,29)/p+1/b27-15-/t20-,21-/m0/s1. The van der Waals surface area contributed by atoms with Crippen LogP contribution in [0.3, 0.4) is 0 Å². The minimum atomic E-state index is -0.760. The van der Waals surface area contributed by atoms with Crippen LogP contribution in [0.15, 0.2) is 84.9 Å². The second-order valence-corrected chi connectivity index (χ2v) is 7.17. The summed E-state index contributed by atoms with van der Waals surface area (Å²) in [6.07, 6.45) is 1.85. The van der Waals surface area contributed by atoms with E-state index in [-0.39, 0.29) is 11.8 Å². The van der Waals surface area contributed by atoms with E-state index in [9.17, 15) is 9.59 Å². The third-order valence-electron chi connectivity index (χ3n) is 4.76. The number of nitrogens with one attached hydrogen (secondary N) is 2. The Hall–Kier alpha value is -3.44. The highest BCUT2D eigenvalue weighted by Crippen LogP contribution is 2.26. The van der Waals surface area contributed by atoms with Gasteiger partial charge in [-0.05, 0) is 36.4 Å². The van der Waals surface area contributed by atoms with Gasteiger partial charge < -0.3 is 5.32 Å². The maximum absolute atomic E-state index is 12.8. The molecule has 0 aliphatic carbocycles. The number of hydrogen-bond donors (Lipinski definition) is 2. The van der Waals surface area contributed by atoms with Crippen LogP contribution in [0, 0.1) is 0 Å². The minimum absolute atomic E-state index is 0.276. The second kappa shape index (κ2) is 8.29. The molecule has 0 spiro atoms. The summed E-state index contributed by atoms with van der Waals surface area (Å²) in [5.41, 5.74) is 5.16. The third kappa shape index (κ3) is 4.20. The number of nitrogens with zero attached hydrogens (tertiary/aromatic N) is 1. The summed E-state index contributed by atoms with van der Waals surface area (Å²) in [5, 5.41) is 3.48. The maximum atomic E-state index is 12.8. The van der Waals surface area contributed by atoms with Gasteiger partial charge in [-0.2, -0.15) is 0 Å². The molecule has 0 radical (unpaired) electrons. The molecule has 0 aromatic heterocycles. The highest BCUT2D eigenvalue weighted by molar-refractivity contribution is 6.30. The number of halogens is 1. The number of amides is 2. The molecule has 0 unspecified atom stereocenters. The zero-order valence-corrected chi connectivity index (χ0v) is 16.2. The van der Waals surface area contributed by atoms with Crippen molar-refractivity contribution in [3.8, 4) is 0 Å². The quantitative estimate of drug-likeness (QED) is 0.655. The van der Waals surface area contributed by atoms with Gasteiger partial charge in [-0.15, -0.1) is 10.1 Å². The van der Waals surface area contributed by atoms with Crippen LogP contribution in [0.2, 0.25) is 5.02 Å². The molecule has 1 aliphatic heterocycles. The molecule has 29 heavy (non-hydrogen) atoms. The first-order chi connectivity index (χ1) is 14.1. The Bertz CT molecular complexity index is 1050. The Balaban J connectivity index is 1.70.